The summed E-state index contributed by atoms with van der Waals surface area (Å²) < 4.78 is 16.0. The first-order chi connectivity index (χ1) is 26.7. The van der Waals surface area contributed by atoms with Gasteiger partial charge in [-0.2, -0.15) is 0 Å². The highest BCUT2D eigenvalue weighted by Crippen LogP contribution is 2.59. The van der Waals surface area contributed by atoms with Gasteiger partial charge in [0.05, 0.1) is 23.9 Å². The number of fused-ring (bicyclic) bond motifs is 1. The molecule has 2 unspecified atom stereocenters. The van der Waals surface area contributed by atoms with Gasteiger partial charge in [0.25, 0.3) is 0 Å². The number of aromatic hydroxyl groups is 1. The molecule has 0 spiro atoms. The van der Waals surface area contributed by atoms with Crippen LogP contribution in [0, 0.1) is 71.6 Å². The molecule has 4 aromatic rings. The number of ether oxygens (including phenoxy) is 2. The minimum atomic E-state index is -0.501. The number of methoxy groups -OCH3 is 1. The molecule has 1 aliphatic heterocycles. The summed E-state index contributed by atoms with van der Waals surface area (Å²) in [6.45, 7) is 54.8. The standard InChI is InChI=1S/C54H82N2O3/c1-30-25-40(57)26-31(2)43(30)47-45(49(11,12)13)41-27-42(58-24)33(4)36(7)46(41)56(47)53(20,21)44-34(5)37(8)48(38(9)35(44)6)59-51(16,17)29-55-32(3)28-50(14,15)54(22,23)52(18,19)39(55)10/h25-27,32,39,57H,28-29H2,1-24H3. The number of hydrogen-bond acceptors (Lipinski definition) is 4. The molecule has 1 aliphatic rings. The first-order valence-electron chi connectivity index (χ1n) is 22.3. The van der Waals surface area contributed by atoms with Crippen LogP contribution in [0.2, 0.25) is 0 Å². The molecule has 0 saturated carbocycles. The van der Waals surface area contributed by atoms with Gasteiger partial charge in [-0.3, -0.25) is 4.90 Å². The molecule has 2 atom stereocenters. The third-order valence-corrected chi connectivity index (χ3v) is 16.4. The number of phenols is 1. The van der Waals surface area contributed by atoms with E-state index in [-0.39, 0.29) is 21.7 Å². The van der Waals surface area contributed by atoms with Crippen LogP contribution < -0.4 is 9.47 Å². The summed E-state index contributed by atoms with van der Waals surface area (Å²) in [7, 11) is 1.78. The fourth-order valence-electron chi connectivity index (χ4n) is 11.6. The lowest BCUT2D eigenvalue weighted by molar-refractivity contribution is -0.0519. The minimum Gasteiger partial charge on any atom is -0.508 e. The summed E-state index contributed by atoms with van der Waals surface area (Å²) >= 11 is 0. The molecule has 0 bridgehead atoms. The SMILES string of the molecule is COc1cc2c(C(C)(C)C)c(-c3c(C)cc(O)cc3C)n(C(C)(C)c3c(C)c(C)c(OC(C)(C)CN4C(C)CC(C)(C)C(C)(C)C(C)(C)C4C)c(C)c3C)c2c(C)c1C. The van der Waals surface area contributed by atoms with Crippen LogP contribution >= 0.6 is 0 Å². The van der Waals surface area contributed by atoms with Gasteiger partial charge in [-0.05, 0) is 199 Å². The zero-order chi connectivity index (χ0) is 45.1. The summed E-state index contributed by atoms with van der Waals surface area (Å²) in [5, 5.41) is 12.0. The summed E-state index contributed by atoms with van der Waals surface area (Å²) in [5.41, 5.74) is 14.9. The fourth-order valence-corrected chi connectivity index (χ4v) is 11.6. The highest BCUT2D eigenvalue weighted by molar-refractivity contribution is 5.98. The summed E-state index contributed by atoms with van der Waals surface area (Å²) in [6.07, 6.45) is 1.14. The lowest BCUT2D eigenvalue weighted by Crippen LogP contribution is -2.55. The van der Waals surface area contributed by atoms with Gasteiger partial charge in [0.2, 0.25) is 0 Å². The average Bonchev–Trinajstić information content (AvgIpc) is 3.43. The van der Waals surface area contributed by atoms with Crippen LogP contribution in [0.4, 0.5) is 0 Å². The van der Waals surface area contributed by atoms with Crippen molar-refractivity contribution < 1.29 is 14.6 Å². The van der Waals surface area contributed by atoms with Gasteiger partial charge in [0.15, 0.2) is 0 Å². The molecule has 3 aromatic carbocycles. The van der Waals surface area contributed by atoms with Gasteiger partial charge in [0, 0.05) is 29.6 Å². The summed E-state index contributed by atoms with van der Waals surface area (Å²) in [5.74, 6) is 2.21. The Morgan fingerprint density at radius 3 is 1.69 bits per heavy atom. The van der Waals surface area contributed by atoms with E-state index >= 15 is 0 Å². The van der Waals surface area contributed by atoms with Crippen molar-refractivity contribution in [2.24, 2.45) is 16.2 Å². The molecule has 2 heterocycles. The molecule has 1 saturated heterocycles. The second kappa shape index (κ2) is 14.9. The lowest BCUT2D eigenvalue weighted by atomic mass is 9.52. The minimum absolute atomic E-state index is 0.0944. The van der Waals surface area contributed by atoms with E-state index in [1.165, 1.54) is 61.1 Å². The van der Waals surface area contributed by atoms with Gasteiger partial charge in [-0.25, -0.2) is 0 Å². The molecule has 326 valence electrons. The molecule has 1 fully saturated rings. The molecule has 0 radical (unpaired) electrons. The van der Waals surface area contributed by atoms with Gasteiger partial charge in [0.1, 0.15) is 22.8 Å². The van der Waals surface area contributed by atoms with E-state index in [1.807, 2.05) is 12.1 Å². The van der Waals surface area contributed by atoms with Crippen LogP contribution in [0.5, 0.6) is 17.2 Å². The van der Waals surface area contributed by atoms with Crippen molar-refractivity contribution in [1.29, 1.82) is 0 Å². The van der Waals surface area contributed by atoms with Gasteiger partial charge >= 0.3 is 0 Å². The molecule has 5 rings (SSSR count). The van der Waals surface area contributed by atoms with Gasteiger partial charge in [-0.15, -0.1) is 0 Å². The number of benzene rings is 3. The Bertz CT molecular complexity index is 2230. The van der Waals surface area contributed by atoms with Crippen LogP contribution in [0.1, 0.15) is 166 Å². The van der Waals surface area contributed by atoms with E-state index in [4.69, 9.17) is 9.47 Å². The van der Waals surface area contributed by atoms with E-state index in [2.05, 4.69) is 175 Å². The summed E-state index contributed by atoms with van der Waals surface area (Å²) in [6, 6.07) is 6.90. The van der Waals surface area contributed by atoms with Gasteiger partial charge in [-0.1, -0.05) is 62.3 Å². The van der Waals surface area contributed by atoms with Crippen molar-refractivity contribution in [3.05, 3.63) is 73.8 Å². The first kappa shape index (κ1) is 46.6. The lowest BCUT2D eigenvalue weighted by Gasteiger charge is -2.54. The van der Waals surface area contributed by atoms with E-state index < -0.39 is 11.1 Å². The predicted molar refractivity (Wildman–Crippen MR) is 253 cm³/mol. The van der Waals surface area contributed by atoms with Crippen molar-refractivity contribution in [3.8, 4) is 28.5 Å². The third kappa shape index (κ3) is 7.31. The van der Waals surface area contributed by atoms with Crippen molar-refractivity contribution in [2.75, 3.05) is 13.7 Å². The Kier molecular flexibility index (Phi) is 11.8. The van der Waals surface area contributed by atoms with Gasteiger partial charge < -0.3 is 19.1 Å². The van der Waals surface area contributed by atoms with Crippen LogP contribution in [0.25, 0.3) is 22.2 Å². The van der Waals surface area contributed by atoms with Crippen molar-refractivity contribution in [3.63, 3.8) is 0 Å². The maximum atomic E-state index is 10.8. The average molecular weight is 807 g/mol. The second-order valence-corrected chi connectivity index (χ2v) is 22.7. The second-order valence-electron chi connectivity index (χ2n) is 22.7. The first-order valence-corrected chi connectivity index (χ1v) is 22.3. The van der Waals surface area contributed by atoms with Crippen LogP contribution in [-0.2, 0) is 11.0 Å². The molecule has 5 nitrogen and oxygen atoms in total. The summed E-state index contributed by atoms with van der Waals surface area (Å²) in [4.78, 5) is 2.75. The molecule has 5 heteroatoms. The highest BCUT2D eigenvalue weighted by Gasteiger charge is 2.55. The fraction of sp³-hybridized carbons (Fsp3) is 0.630. The highest BCUT2D eigenvalue weighted by atomic mass is 16.5. The Hall–Kier alpha value is -3.44. The van der Waals surface area contributed by atoms with E-state index in [0.717, 1.165) is 41.2 Å². The van der Waals surface area contributed by atoms with Crippen molar-refractivity contribution in [2.45, 2.75) is 194 Å². The normalized spacial score (nSPS) is 19.9. The topological polar surface area (TPSA) is 46.9 Å². The van der Waals surface area contributed by atoms with Crippen molar-refractivity contribution in [1.82, 2.24) is 9.47 Å². The molecular formula is C54H82N2O3. The van der Waals surface area contributed by atoms with Crippen LogP contribution in [0.3, 0.4) is 0 Å². The zero-order valence-corrected chi connectivity index (χ0v) is 42.0. The molecule has 59 heavy (non-hydrogen) atoms. The number of aryl methyl sites for hydroxylation is 3. The van der Waals surface area contributed by atoms with E-state index in [9.17, 15) is 5.11 Å². The van der Waals surface area contributed by atoms with E-state index in [1.54, 1.807) is 7.11 Å². The molecule has 1 aromatic heterocycles. The third-order valence-electron chi connectivity index (χ3n) is 16.4. The number of phenolic OH excluding ortho intramolecular Hbond substituents is 1. The Morgan fingerprint density at radius 1 is 0.712 bits per heavy atom. The largest absolute Gasteiger partial charge is 0.508 e. The zero-order valence-electron chi connectivity index (χ0n) is 42.0. The number of aromatic nitrogens is 1. The van der Waals surface area contributed by atoms with Crippen molar-refractivity contribution >= 4 is 10.9 Å². The Balaban J connectivity index is 1.76. The monoisotopic (exact) mass is 807 g/mol. The quantitative estimate of drug-likeness (QED) is 0.193. The molecule has 0 aliphatic carbocycles. The smallest absolute Gasteiger partial charge is 0.126 e. The molecule has 1 N–H and O–H groups in total. The van der Waals surface area contributed by atoms with Crippen LogP contribution in [-0.4, -0.2) is 45.9 Å². The molecular weight excluding hydrogens is 725 g/mol. The molecule has 0 amide bonds. The number of nitrogens with zero attached hydrogens (tertiary/aromatic N) is 2. The maximum Gasteiger partial charge on any atom is 0.126 e. The maximum absolute atomic E-state index is 10.8. The Labute approximate surface area is 360 Å². The Morgan fingerprint density at radius 2 is 1.22 bits per heavy atom. The van der Waals surface area contributed by atoms with Crippen LogP contribution in [0.15, 0.2) is 18.2 Å². The van der Waals surface area contributed by atoms with E-state index in [0.29, 0.717) is 17.8 Å². The number of hydrogen-bond donors (Lipinski definition) is 1. The number of rotatable bonds is 8. The number of likely N-dealkylation sites (tertiary alicyclic amines) is 1. The predicted octanol–water partition coefficient (Wildman–Crippen LogP) is 14.3.